The molecule has 1 spiro atoms. The summed E-state index contributed by atoms with van der Waals surface area (Å²) in [4.78, 5) is 31.5. The lowest BCUT2D eigenvalue weighted by Gasteiger charge is -2.33. The van der Waals surface area contributed by atoms with Gasteiger partial charge in [-0.15, -0.1) is 0 Å². The Balaban J connectivity index is 1.43. The number of aryl methyl sites for hydroxylation is 1. The van der Waals surface area contributed by atoms with Crippen LogP contribution in [0.5, 0.6) is 0 Å². The van der Waals surface area contributed by atoms with Crippen LogP contribution in [0.25, 0.3) is 11.3 Å². The van der Waals surface area contributed by atoms with Gasteiger partial charge >= 0.3 is 6.03 Å². The molecule has 6 heteroatoms. The minimum Gasteiger partial charge on any atom is -0.439 e. The lowest BCUT2D eigenvalue weighted by molar-refractivity contribution is -0.132. The number of rotatable bonds is 3. The lowest BCUT2D eigenvalue weighted by Crippen LogP contribution is -2.46. The summed E-state index contributed by atoms with van der Waals surface area (Å²) in [5, 5.41) is 2.95. The molecule has 1 atom stereocenters. The molecular formula is C22H19N3O3. The Labute approximate surface area is 162 Å². The molecule has 0 unspecified atom stereocenters. The van der Waals surface area contributed by atoms with Crippen molar-refractivity contribution in [3.05, 3.63) is 77.8 Å². The monoisotopic (exact) mass is 373 g/mol. The Bertz CT molecular complexity index is 1060. The zero-order valence-corrected chi connectivity index (χ0v) is 15.2. The zero-order chi connectivity index (χ0) is 19.1. The third-order valence-corrected chi connectivity index (χ3v) is 5.56. The second-order valence-electron chi connectivity index (χ2n) is 7.22. The quantitative estimate of drug-likeness (QED) is 0.712. The molecule has 1 aromatic heterocycles. The van der Waals surface area contributed by atoms with Gasteiger partial charge in [0.15, 0.2) is 5.76 Å². The number of oxazole rings is 1. The van der Waals surface area contributed by atoms with Crippen LogP contribution in [0.3, 0.4) is 0 Å². The maximum absolute atomic E-state index is 13.3. The van der Waals surface area contributed by atoms with Gasteiger partial charge in [-0.3, -0.25) is 9.69 Å². The molecule has 3 aromatic rings. The number of fused-ring (bicyclic) bond motifs is 2. The van der Waals surface area contributed by atoms with Crippen LogP contribution in [0.15, 0.2) is 65.2 Å². The molecule has 1 N–H and O–H groups in total. The van der Waals surface area contributed by atoms with Crippen molar-refractivity contribution >= 4 is 11.9 Å². The fraction of sp³-hybridized carbons (Fsp3) is 0.227. The van der Waals surface area contributed by atoms with Gasteiger partial charge in [-0.25, -0.2) is 9.78 Å². The Hall–Kier alpha value is -3.41. The van der Waals surface area contributed by atoms with Crippen molar-refractivity contribution in [3.63, 3.8) is 0 Å². The maximum atomic E-state index is 13.3. The first-order chi connectivity index (χ1) is 13.7. The van der Waals surface area contributed by atoms with Crippen molar-refractivity contribution in [2.24, 2.45) is 0 Å². The summed E-state index contributed by atoms with van der Waals surface area (Å²) in [6, 6.07) is 17.0. The molecule has 1 fully saturated rings. The van der Waals surface area contributed by atoms with Crippen LogP contribution in [0, 0.1) is 0 Å². The standard InChI is InChI=1S/C22H19N3O3/c26-20-22(12-6-10-15-7-4-5-11-17(15)22)24-21(27)25(20)14-19-23-13-18(28-19)16-8-2-1-3-9-16/h1-5,7-9,11,13H,6,10,12,14H2,(H,24,27)/t22-/m0/s1. The van der Waals surface area contributed by atoms with Crippen LogP contribution in [0.4, 0.5) is 4.79 Å². The van der Waals surface area contributed by atoms with E-state index in [0.717, 1.165) is 29.5 Å². The number of benzene rings is 2. The summed E-state index contributed by atoms with van der Waals surface area (Å²) in [7, 11) is 0. The van der Waals surface area contributed by atoms with E-state index in [1.54, 1.807) is 6.20 Å². The van der Waals surface area contributed by atoms with Crippen LogP contribution in [-0.2, 0) is 23.3 Å². The number of nitrogens with one attached hydrogen (secondary N) is 1. The van der Waals surface area contributed by atoms with Gasteiger partial charge in [0.05, 0.1) is 6.20 Å². The molecule has 3 amide bonds. The van der Waals surface area contributed by atoms with Crippen molar-refractivity contribution in [1.29, 1.82) is 0 Å². The van der Waals surface area contributed by atoms with Crippen molar-refractivity contribution in [3.8, 4) is 11.3 Å². The Morgan fingerprint density at radius 3 is 2.71 bits per heavy atom. The average molecular weight is 373 g/mol. The topological polar surface area (TPSA) is 75.4 Å². The molecule has 1 aliphatic carbocycles. The smallest absolute Gasteiger partial charge is 0.325 e. The zero-order valence-electron chi connectivity index (χ0n) is 15.2. The SMILES string of the molecule is O=C1N[C@]2(CCCc3ccccc32)C(=O)N1Cc1ncc(-c2ccccc2)o1. The second-order valence-corrected chi connectivity index (χ2v) is 7.22. The molecule has 140 valence electrons. The summed E-state index contributed by atoms with van der Waals surface area (Å²) >= 11 is 0. The molecule has 0 bridgehead atoms. The number of amides is 3. The minimum absolute atomic E-state index is 0.0153. The molecule has 28 heavy (non-hydrogen) atoms. The predicted octanol–water partition coefficient (Wildman–Crippen LogP) is 3.63. The number of nitrogens with zero attached hydrogens (tertiary/aromatic N) is 2. The van der Waals surface area contributed by atoms with Crippen LogP contribution in [0.2, 0.25) is 0 Å². The lowest BCUT2D eigenvalue weighted by atomic mass is 9.76. The van der Waals surface area contributed by atoms with Gasteiger partial charge in [0, 0.05) is 5.56 Å². The molecule has 1 saturated heterocycles. The third kappa shape index (κ3) is 2.52. The van der Waals surface area contributed by atoms with Crippen LogP contribution in [0.1, 0.15) is 29.9 Å². The fourth-order valence-corrected chi connectivity index (χ4v) is 4.21. The minimum atomic E-state index is -0.971. The number of aromatic nitrogens is 1. The van der Waals surface area contributed by atoms with Gasteiger partial charge in [-0.1, -0.05) is 54.6 Å². The van der Waals surface area contributed by atoms with E-state index in [9.17, 15) is 9.59 Å². The van der Waals surface area contributed by atoms with Gasteiger partial charge < -0.3 is 9.73 Å². The average Bonchev–Trinajstić information content (AvgIpc) is 3.29. The number of urea groups is 1. The molecule has 6 nitrogen and oxygen atoms in total. The number of hydrogen-bond acceptors (Lipinski definition) is 4. The van der Waals surface area contributed by atoms with Gasteiger partial charge in [0.25, 0.3) is 5.91 Å². The molecule has 5 rings (SSSR count). The van der Waals surface area contributed by atoms with Gasteiger partial charge in [-0.05, 0) is 30.4 Å². The van der Waals surface area contributed by atoms with E-state index >= 15 is 0 Å². The molecule has 0 saturated carbocycles. The fourth-order valence-electron chi connectivity index (χ4n) is 4.21. The van der Waals surface area contributed by atoms with Crippen molar-refractivity contribution < 1.29 is 14.0 Å². The predicted molar refractivity (Wildman–Crippen MR) is 102 cm³/mol. The highest BCUT2D eigenvalue weighted by Gasteiger charge is 2.54. The number of imide groups is 1. The van der Waals surface area contributed by atoms with Gasteiger partial charge in [0.1, 0.15) is 12.1 Å². The molecule has 0 radical (unpaired) electrons. The number of hydrogen-bond donors (Lipinski definition) is 1. The van der Waals surface area contributed by atoms with E-state index in [-0.39, 0.29) is 12.5 Å². The molecule has 2 aromatic carbocycles. The Morgan fingerprint density at radius 1 is 1.07 bits per heavy atom. The summed E-state index contributed by atoms with van der Waals surface area (Å²) in [6.45, 7) is 0.0153. The highest BCUT2D eigenvalue weighted by molar-refractivity contribution is 6.07. The first-order valence-corrected chi connectivity index (χ1v) is 9.40. The van der Waals surface area contributed by atoms with Crippen molar-refractivity contribution in [2.45, 2.75) is 31.3 Å². The van der Waals surface area contributed by atoms with Crippen LogP contribution in [-0.4, -0.2) is 21.8 Å². The van der Waals surface area contributed by atoms with E-state index < -0.39 is 11.6 Å². The van der Waals surface area contributed by atoms with E-state index in [4.69, 9.17) is 4.42 Å². The summed E-state index contributed by atoms with van der Waals surface area (Å²) in [5.74, 6) is 0.716. The largest absolute Gasteiger partial charge is 0.439 e. The number of carbonyl (C=O) groups is 2. The van der Waals surface area contributed by atoms with Crippen LogP contribution >= 0.6 is 0 Å². The van der Waals surface area contributed by atoms with Gasteiger partial charge in [-0.2, -0.15) is 0 Å². The molecule has 2 heterocycles. The summed E-state index contributed by atoms with van der Waals surface area (Å²) in [5.41, 5.74) is 1.95. The first-order valence-electron chi connectivity index (χ1n) is 9.40. The number of carbonyl (C=O) groups excluding carboxylic acids is 2. The van der Waals surface area contributed by atoms with Crippen molar-refractivity contribution in [2.75, 3.05) is 0 Å². The van der Waals surface area contributed by atoms with E-state index in [2.05, 4.69) is 10.3 Å². The highest BCUT2D eigenvalue weighted by Crippen LogP contribution is 2.40. The third-order valence-electron chi connectivity index (χ3n) is 5.56. The summed E-state index contributed by atoms with van der Waals surface area (Å²) < 4.78 is 5.79. The second kappa shape index (κ2) is 6.34. The van der Waals surface area contributed by atoms with E-state index in [1.807, 2.05) is 54.6 Å². The first kappa shape index (κ1) is 16.7. The maximum Gasteiger partial charge on any atom is 0.325 e. The van der Waals surface area contributed by atoms with E-state index in [1.165, 1.54) is 4.90 Å². The molecular weight excluding hydrogens is 354 g/mol. The highest BCUT2D eigenvalue weighted by atomic mass is 16.4. The Kier molecular flexibility index (Phi) is 3.79. The van der Waals surface area contributed by atoms with E-state index in [0.29, 0.717) is 18.1 Å². The molecule has 2 aliphatic rings. The molecule has 1 aliphatic heterocycles. The van der Waals surface area contributed by atoms with Gasteiger partial charge in [0.2, 0.25) is 5.89 Å². The van der Waals surface area contributed by atoms with Crippen LogP contribution < -0.4 is 5.32 Å². The summed E-state index contributed by atoms with van der Waals surface area (Å²) in [6.07, 6.45) is 4.00. The normalized spacial score (nSPS) is 21.1. The Morgan fingerprint density at radius 2 is 1.86 bits per heavy atom. The van der Waals surface area contributed by atoms with Crippen molar-refractivity contribution in [1.82, 2.24) is 15.2 Å².